The summed E-state index contributed by atoms with van der Waals surface area (Å²) in [6, 6.07) is 56.3. The summed E-state index contributed by atoms with van der Waals surface area (Å²) >= 11 is 0. The summed E-state index contributed by atoms with van der Waals surface area (Å²) in [4.78, 5) is 0. The molecule has 6 aromatic carbocycles. The van der Waals surface area contributed by atoms with Crippen molar-refractivity contribution in [3.05, 3.63) is 203 Å². The van der Waals surface area contributed by atoms with E-state index in [2.05, 4.69) is 158 Å². The van der Waals surface area contributed by atoms with Gasteiger partial charge in [0.2, 0.25) is 0 Å². The van der Waals surface area contributed by atoms with E-state index < -0.39 is 0 Å². The van der Waals surface area contributed by atoms with Crippen LogP contribution in [0.5, 0.6) is 0 Å². The molecule has 0 heteroatoms. The minimum Gasteiger partial charge on any atom is -0.0511 e. The van der Waals surface area contributed by atoms with Crippen LogP contribution in [0.25, 0.3) is 10.8 Å². The molecular weight excluding hydrogens is 432 g/mol. The van der Waals surface area contributed by atoms with Gasteiger partial charge in [-0.05, 0) is 133 Å². The standard InChI is InChI=1S/C36H26/c1-5-15-27(16-6-1)34(28-17-7-2-8-18-28)32-25-13-23-31-24-14-26-33(36(31)32)35(29-19-9-3-10-20-29)30-21-11-4-12-22-30/h1-26H/q+2. The maximum Gasteiger partial charge on any atom is 0.0638 e. The Morgan fingerprint density at radius 1 is 0.278 bits per heavy atom. The topological polar surface area (TPSA) is 0 Å². The summed E-state index contributed by atoms with van der Waals surface area (Å²) in [6.07, 6.45) is 0. The Hall–Kier alpha value is -4.68. The Morgan fingerprint density at radius 2 is 0.583 bits per heavy atom. The van der Waals surface area contributed by atoms with Crippen LogP contribution in [0.4, 0.5) is 0 Å². The zero-order valence-corrected chi connectivity index (χ0v) is 20.0. The van der Waals surface area contributed by atoms with Crippen molar-refractivity contribution in [2.45, 2.75) is 0 Å². The SMILES string of the molecule is c1ccc([C+](c2ccccc2)c2cccc3cccc([C+](c4ccccc4)c4ccccc4)c23)cc1. The molecule has 168 valence electrons. The van der Waals surface area contributed by atoms with E-state index >= 15 is 0 Å². The number of rotatable bonds is 6. The molecule has 0 atom stereocenters. The van der Waals surface area contributed by atoms with Crippen LogP contribution in [0, 0.1) is 11.8 Å². The molecule has 0 nitrogen and oxygen atoms in total. The van der Waals surface area contributed by atoms with E-state index in [1.807, 2.05) is 0 Å². The summed E-state index contributed by atoms with van der Waals surface area (Å²) < 4.78 is 0. The van der Waals surface area contributed by atoms with Gasteiger partial charge in [-0.2, -0.15) is 0 Å². The molecule has 0 aromatic heterocycles. The lowest BCUT2D eigenvalue weighted by atomic mass is 9.77. The van der Waals surface area contributed by atoms with Crippen LogP contribution in [-0.2, 0) is 0 Å². The van der Waals surface area contributed by atoms with Gasteiger partial charge in [0, 0.05) is 5.39 Å². The molecule has 0 heterocycles. The van der Waals surface area contributed by atoms with Crippen molar-refractivity contribution >= 4 is 10.8 Å². The molecule has 6 rings (SSSR count). The zero-order chi connectivity index (χ0) is 24.2. The van der Waals surface area contributed by atoms with Crippen molar-refractivity contribution in [2.75, 3.05) is 0 Å². The minimum atomic E-state index is 1.21. The molecule has 0 aliphatic rings. The second-order valence-electron chi connectivity index (χ2n) is 8.92. The van der Waals surface area contributed by atoms with Crippen molar-refractivity contribution in [2.24, 2.45) is 0 Å². The second-order valence-corrected chi connectivity index (χ2v) is 8.92. The Morgan fingerprint density at radius 3 is 0.889 bits per heavy atom. The normalized spacial score (nSPS) is 10.8. The van der Waals surface area contributed by atoms with Crippen LogP contribution in [0.2, 0.25) is 0 Å². The number of hydrogen-bond donors (Lipinski definition) is 0. The highest BCUT2D eigenvalue weighted by Crippen LogP contribution is 2.41. The Kier molecular flexibility index (Phi) is 6.00. The highest BCUT2D eigenvalue weighted by atomic mass is 14.3. The van der Waals surface area contributed by atoms with Crippen molar-refractivity contribution < 1.29 is 0 Å². The van der Waals surface area contributed by atoms with Crippen LogP contribution in [-0.4, -0.2) is 0 Å². The molecule has 0 saturated heterocycles. The van der Waals surface area contributed by atoms with Crippen LogP contribution < -0.4 is 0 Å². The quantitative estimate of drug-likeness (QED) is 0.173. The third kappa shape index (κ3) is 4.15. The summed E-state index contributed by atoms with van der Waals surface area (Å²) in [6.45, 7) is 0. The van der Waals surface area contributed by atoms with Gasteiger partial charge < -0.3 is 0 Å². The van der Waals surface area contributed by atoms with Crippen molar-refractivity contribution in [1.82, 2.24) is 0 Å². The first-order valence-electron chi connectivity index (χ1n) is 12.4. The lowest BCUT2D eigenvalue weighted by Gasteiger charge is -2.20. The minimum absolute atomic E-state index is 1.21. The second kappa shape index (κ2) is 9.90. The van der Waals surface area contributed by atoms with E-state index in [-0.39, 0.29) is 0 Å². The van der Waals surface area contributed by atoms with E-state index in [9.17, 15) is 0 Å². The fourth-order valence-corrected chi connectivity index (χ4v) is 5.13. The molecule has 0 radical (unpaired) electrons. The van der Waals surface area contributed by atoms with Gasteiger partial charge in [0.25, 0.3) is 0 Å². The maximum atomic E-state index is 2.27. The number of benzene rings is 6. The van der Waals surface area contributed by atoms with Gasteiger partial charge in [-0.25, -0.2) is 0 Å². The highest BCUT2D eigenvalue weighted by Gasteiger charge is 2.30. The molecule has 0 spiro atoms. The number of fused-ring (bicyclic) bond motifs is 1. The Labute approximate surface area is 213 Å². The summed E-state index contributed by atoms with van der Waals surface area (Å²) in [7, 11) is 0. The van der Waals surface area contributed by atoms with Crippen molar-refractivity contribution in [3.8, 4) is 0 Å². The summed E-state index contributed by atoms with van der Waals surface area (Å²) in [5, 5.41) is 2.50. The lowest BCUT2D eigenvalue weighted by molar-refractivity contribution is 1.22. The molecule has 0 saturated carbocycles. The molecule has 0 aliphatic carbocycles. The zero-order valence-electron chi connectivity index (χ0n) is 20.0. The molecule has 0 unspecified atom stereocenters. The van der Waals surface area contributed by atoms with E-state index in [0.29, 0.717) is 0 Å². The average molecular weight is 459 g/mol. The van der Waals surface area contributed by atoms with E-state index in [0.717, 1.165) is 0 Å². The molecular formula is C36H26+2. The van der Waals surface area contributed by atoms with Crippen molar-refractivity contribution in [3.63, 3.8) is 0 Å². The molecule has 6 aromatic rings. The fourth-order valence-electron chi connectivity index (χ4n) is 5.13. The van der Waals surface area contributed by atoms with Gasteiger partial charge in [-0.15, -0.1) is 0 Å². The predicted molar refractivity (Wildman–Crippen MR) is 151 cm³/mol. The molecule has 0 bridgehead atoms. The molecule has 0 aliphatic heterocycles. The molecule has 0 amide bonds. The van der Waals surface area contributed by atoms with Gasteiger partial charge in [0.15, 0.2) is 0 Å². The van der Waals surface area contributed by atoms with Crippen molar-refractivity contribution in [1.29, 1.82) is 0 Å². The predicted octanol–water partition coefficient (Wildman–Crippen LogP) is 8.88. The molecule has 0 N–H and O–H groups in total. The molecule has 36 heavy (non-hydrogen) atoms. The van der Waals surface area contributed by atoms with Crippen LogP contribution >= 0.6 is 0 Å². The van der Waals surface area contributed by atoms with E-state index in [1.54, 1.807) is 0 Å². The van der Waals surface area contributed by atoms with Gasteiger partial charge >= 0.3 is 0 Å². The Balaban J connectivity index is 1.66. The third-order valence-electron chi connectivity index (χ3n) is 6.69. The first-order chi connectivity index (χ1) is 17.9. The van der Waals surface area contributed by atoms with Crippen LogP contribution in [0.15, 0.2) is 158 Å². The van der Waals surface area contributed by atoms with E-state index in [1.165, 1.54) is 56.0 Å². The summed E-state index contributed by atoms with van der Waals surface area (Å²) in [5.41, 5.74) is 7.34. The number of hydrogen-bond acceptors (Lipinski definition) is 0. The van der Waals surface area contributed by atoms with Gasteiger partial charge in [-0.3, -0.25) is 0 Å². The van der Waals surface area contributed by atoms with Crippen LogP contribution in [0.1, 0.15) is 33.4 Å². The third-order valence-corrected chi connectivity index (χ3v) is 6.69. The lowest BCUT2D eigenvalue weighted by Crippen LogP contribution is -2.09. The van der Waals surface area contributed by atoms with E-state index in [4.69, 9.17) is 0 Å². The van der Waals surface area contributed by atoms with Gasteiger partial charge in [0.1, 0.15) is 0 Å². The first kappa shape index (κ1) is 21.8. The maximum absolute atomic E-state index is 2.27. The fraction of sp³-hybridized carbons (Fsp3) is 0. The van der Waals surface area contributed by atoms with Crippen LogP contribution in [0.3, 0.4) is 0 Å². The summed E-state index contributed by atoms with van der Waals surface area (Å²) in [5.74, 6) is 2.49. The smallest absolute Gasteiger partial charge is 0.0511 e. The monoisotopic (exact) mass is 458 g/mol. The first-order valence-corrected chi connectivity index (χ1v) is 12.4. The molecule has 0 fully saturated rings. The highest BCUT2D eigenvalue weighted by molar-refractivity contribution is 5.95. The van der Waals surface area contributed by atoms with Gasteiger partial charge in [-0.1, -0.05) is 24.3 Å². The Bertz CT molecular complexity index is 1360. The average Bonchev–Trinajstić information content (AvgIpc) is 2.96. The largest absolute Gasteiger partial charge is 0.0638 e. The van der Waals surface area contributed by atoms with Gasteiger partial charge in [0.05, 0.1) is 50.6 Å².